The van der Waals surface area contributed by atoms with E-state index in [0.29, 0.717) is 37.4 Å². The molecule has 6 heteroatoms. The van der Waals surface area contributed by atoms with Crippen LogP contribution in [0.3, 0.4) is 0 Å². The van der Waals surface area contributed by atoms with E-state index in [9.17, 15) is 14.7 Å². The number of carbonyl (C=O) groups excluding carboxylic acids is 1. The molecule has 1 aromatic carbocycles. The van der Waals surface area contributed by atoms with Gasteiger partial charge in [-0.3, -0.25) is 9.59 Å². The molecule has 0 atom stereocenters. The molecule has 1 aromatic rings. The zero-order chi connectivity index (χ0) is 17.6. The summed E-state index contributed by atoms with van der Waals surface area (Å²) in [5.74, 6) is -0.579. The van der Waals surface area contributed by atoms with Gasteiger partial charge in [0.2, 0.25) is 0 Å². The number of carboxylic acids is 1. The Morgan fingerprint density at radius 1 is 1.16 bits per heavy atom. The number of carboxylic acid groups (broad SMARTS) is 1. The summed E-state index contributed by atoms with van der Waals surface area (Å²) in [5, 5.41) is 9.20. The Bertz CT molecular complexity index is 606. The maximum Gasteiger partial charge on any atom is 0.323 e. The van der Waals surface area contributed by atoms with Crippen LogP contribution in [0.2, 0.25) is 0 Å². The Labute approximate surface area is 147 Å². The van der Waals surface area contributed by atoms with Crippen LogP contribution in [0.25, 0.3) is 0 Å². The predicted octanol–water partition coefficient (Wildman–Crippen LogP) is 2.71. The van der Waals surface area contributed by atoms with Gasteiger partial charge in [0.1, 0.15) is 12.3 Å². The molecule has 0 spiro atoms. The normalized spacial score (nSPS) is 18.9. The highest BCUT2D eigenvalue weighted by Crippen LogP contribution is 2.25. The number of ether oxygens (including phenoxy) is 2. The molecule has 0 unspecified atom stereocenters. The lowest BCUT2D eigenvalue weighted by Crippen LogP contribution is -2.46. The second kappa shape index (κ2) is 8.34. The Hall–Kier alpha value is -2.08. The number of hydrogen-bond donors (Lipinski definition) is 1. The third kappa shape index (κ3) is 4.72. The number of hydrogen-bond acceptors (Lipinski definition) is 4. The molecule has 6 nitrogen and oxygen atoms in total. The zero-order valence-electron chi connectivity index (χ0n) is 14.4. The van der Waals surface area contributed by atoms with Crippen molar-refractivity contribution >= 4 is 11.9 Å². The molecule has 1 aliphatic heterocycles. The van der Waals surface area contributed by atoms with Gasteiger partial charge in [-0.2, -0.15) is 0 Å². The van der Waals surface area contributed by atoms with Gasteiger partial charge >= 0.3 is 5.97 Å². The van der Waals surface area contributed by atoms with Crippen LogP contribution in [0.15, 0.2) is 24.3 Å². The van der Waals surface area contributed by atoms with E-state index in [1.54, 1.807) is 18.2 Å². The Balaban J connectivity index is 1.74. The monoisotopic (exact) mass is 347 g/mol. The van der Waals surface area contributed by atoms with Crippen LogP contribution in [0.1, 0.15) is 48.9 Å². The van der Waals surface area contributed by atoms with Crippen LogP contribution in [0, 0.1) is 0 Å². The first-order valence-electron chi connectivity index (χ1n) is 9.00. The maximum absolute atomic E-state index is 12.9. The zero-order valence-corrected chi connectivity index (χ0v) is 14.4. The fraction of sp³-hybridized carbons (Fsp3) is 0.579. The quantitative estimate of drug-likeness (QED) is 0.856. The lowest BCUT2D eigenvalue weighted by molar-refractivity contribution is -0.138. The second-order valence-electron chi connectivity index (χ2n) is 6.72. The van der Waals surface area contributed by atoms with Crippen LogP contribution in [0.5, 0.6) is 5.75 Å². The van der Waals surface area contributed by atoms with Crippen molar-refractivity contribution in [1.82, 2.24) is 4.90 Å². The van der Waals surface area contributed by atoms with Crippen molar-refractivity contribution in [3.63, 3.8) is 0 Å². The minimum atomic E-state index is -1.00. The topological polar surface area (TPSA) is 76.1 Å². The van der Waals surface area contributed by atoms with Gasteiger partial charge in [-0.05, 0) is 56.7 Å². The van der Waals surface area contributed by atoms with Gasteiger partial charge in [-0.15, -0.1) is 0 Å². The molecule has 0 radical (unpaired) electrons. The van der Waals surface area contributed by atoms with Gasteiger partial charge < -0.3 is 19.5 Å². The van der Waals surface area contributed by atoms with Crippen molar-refractivity contribution in [2.75, 3.05) is 19.8 Å². The van der Waals surface area contributed by atoms with Crippen LogP contribution in [-0.2, 0) is 9.53 Å². The van der Waals surface area contributed by atoms with Gasteiger partial charge in [0.15, 0.2) is 0 Å². The number of carbonyl (C=O) groups is 2. The maximum atomic E-state index is 12.9. The molecule has 1 amide bonds. The summed E-state index contributed by atoms with van der Waals surface area (Å²) < 4.78 is 11.3. The molecule has 2 aliphatic rings. The summed E-state index contributed by atoms with van der Waals surface area (Å²) in [7, 11) is 0. The van der Waals surface area contributed by atoms with Gasteiger partial charge in [0.05, 0.1) is 6.10 Å². The highest BCUT2D eigenvalue weighted by molar-refractivity contribution is 5.96. The van der Waals surface area contributed by atoms with Crippen molar-refractivity contribution in [2.24, 2.45) is 0 Å². The number of aliphatic carboxylic acids is 1. The molecular formula is C19H25NO5. The number of rotatable bonds is 6. The van der Waals surface area contributed by atoms with Gasteiger partial charge in [-0.25, -0.2) is 0 Å². The number of amides is 1. The molecule has 1 saturated heterocycles. The molecule has 136 valence electrons. The first-order chi connectivity index (χ1) is 12.1. The largest absolute Gasteiger partial charge is 0.490 e. The lowest BCUT2D eigenvalue weighted by atomic mass is 10.1. The summed E-state index contributed by atoms with van der Waals surface area (Å²) in [6.45, 7) is 0.814. The Morgan fingerprint density at radius 3 is 2.56 bits per heavy atom. The first kappa shape index (κ1) is 17.7. The van der Waals surface area contributed by atoms with Crippen LogP contribution < -0.4 is 4.74 Å². The Kier molecular flexibility index (Phi) is 5.91. The van der Waals surface area contributed by atoms with Crippen LogP contribution >= 0.6 is 0 Å². The van der Waals surface area contributed by atoms with Crippen molar-refractivity contribution < 1.29 is 24.2 Å². The fourth-order valence-electron chi connectivity index (χ4n) is 3.58. The summed E-state index contributed by atoms with van der Waals surface area (Å²) in [4.78, 5) is 25.6. The van der Waals surface area contributed by atoms with Crippen molar-refractivity contribution in [2.45, 2.75) is 50.7 Å². The fourth-order valence-corrected chi connectivity index (χ4v) is 3.58. The standard InChI is InChI=1S/C19H25NO5/c21-18(22)13-20(15-8-10-24-11-9-15)19(23)14-4-3-7-17(12-14)25-16-5-1-2-6-16/h3-4,7,12,15-16H,1-2,5-6,8-11,13H2,(H,21,22). The molecule has 1 heterocycles. The minimum absolute atomic E-state index is 0.100. The van der Waals surface area contributed by atoms with Crippen molar-refractivity contribution in [1.29, 1.82) is 0 Å². The third-order valence-electron chi connectivity index (χ3n) is 4.88. The van der Waals surface area contributed by atoms with Crippen LogP contribution in [-0.4, -0.2) is 53.8 Å². The lowest BCUT2D eigenvalue weighted by Gasteiger charge is -2.33. The number of nitrogens with zero attached hydrogens (tertiary/aromatic N) is 1. The molecule has 1 saturated carbocycles. The predicted molar refractivity (Wildman–Crippen MR) is 91.8 cm³/mol. The minimum Gasteiger partial charge on any atom is -0.490 e. The highest BCUT2D eigenvalue weighted by atomic mass is 16.5. The highest BCUT2D eigenvalue weighted by Gasteiger charge is 2.28. The van der Waals surface area contributed by atoms with Crippen molar-refractivity contribution in [3.8, 4) is 5.75 Å². The second-order valence-corrected chi connectivity index (χ2v) is 6.72. The molecule has 0 bridgehead atoms. The van der Waals surface area contributed by atoms with E-state index in [1.165, 1.54) is 17.7 Å². The van der Waals surface area contributed by atoms with E-state index in [-0.39, 0.29) is 24.6 Å². The van der Waals surface area contributed by atoms with E-state index in [4.69, 9.17) is 9.47 Å². The molecule has 2 fully saturated rings. The smallest absolute Gasteiger partial charge is 0.323 e. The first-order valence-corrected chi connectivity index (χ1v) is 9.00. The average Bonchev–Trinajstić information content (AvgIpc) is 3.13. The molecule has 1 N–H and O–H groups in total. The Morgan fingerprint density at radius 2 is 1.88 bits per heavy atom. The average molecular weight is 347 g/mol. The summed E-state index contributed by atoms with van der Waals surface area (Å²) in [6.07, 6.45) is 6.00. The van der Waals surface area contributed by atoms with Gasteiger partial charge in [-0.1, -0.05) is 6.07 Å². The molecular weight excluding hydrogens is 322 g/mol. The molecule has 3 rings (SSSR count). The number of benzene rings is 1. The molecule has 1 aliphatic carbocycles. The summed E-state index contributed by atoms with van der Waals surface area (Å²) >= 11 is 0. The van der Waals surface area contributed by atoms with E-state index in [0.717, 1.165) is 12.8 Å². The van der Waals surface area contributed by atoms with E-state index >= 15 is 0 Å². The van der Waals surface area contributed by atoms with E-state index < -0.39 is 5.97 Å². The van der Waals surface area contributed by atoms with Gasteiger partial charge in [0.25, 0.3) is 5.91 Å². The third-order valence-corrected chi connectivity index (χ3v) is 4.88. The van der Waals surface area contributed by atoms with Crippen molar-refractivity contribution in [3.05, 3.63) is 29.8 Å². The van der Waals surface area contributed by atoms with E-state index in [2.05, 4.69) is 0 Å². The molecule has 0 aromatic heterocycles. The SMILES string of the molecule is O=C(O)CN(C(=O)c1cccc(OC2CCCC2)c1)C1CCOCC1. The van der Waals surface area contributed by atoms with E-state index in [1.807, 2.05) is 6.07 Å². The van der Waals surface area contributed by atoms with Gasteiger partial charge in [0, 0.05) is 24.8 Å². The van der Waals surface area contributed by atoms with Crippen LogP contribution in [0.4, 0.5) is 0 Å². The summed E-state index contributed by atoms with van der Waals surface area (Å²) in [5.41, 5.74) is 0.475. The summed E-state index contributed by atoms with van der Waals surface area (Å²) in [6, 6.07) is 7.00. The molecule has 25 heavy (non-hydrogen) atoms.